The predicted molar refractivity (Wildman–Crippen MR) is 108 cm³/mol. The molecule has 0 radical (unpaired) electrons. The van der Waals surface area contributed by atoms with E-state index in [1.807, 2.05) is 13.0 Å². The number of nitrogens with zero attached hydrogens (tertiary/aromatic N) is 3. The van der Waals surface area contributed by atoms with Crippen molar-refractivity contribution in [1.29, 1.82) is 0 Å². The summed E-state index contributed by atoms with van der Waals surface area (Å²) in [4.78, 5) is 14.4. The van der Waals surface area contributed by atoms with Crippen molar-refractivity contribution in [3.8, 4) is 11.5 Å². The minimum Gasteiger partial charge on any atom is -0.419 e. The number of hydrogen-bond acceptors (Lipinski definition) is 5. The molecule has 0 saturated heterocycles. The van der Waals surface area contributed by atoms with Crippen LogP contribution in [0.25, 0.3) is 11.5 Å². The minimum absolute atomic E-state index is 0.00800. The number of carbonyl (C=O) groups excluding carboxylic acids is 1. The van der Waals surface area contributed by atoms with Gasteiger partial charge in [0.2, 0.25) is 17.7 Å². The van der Waals surface area contributed by atoms with Gasteiger partial charge in [0.05, 0.1) is 22.9 Å². The van der Waals surface area contributed by atoms with Crippen molar-refractivity contribution in [2.24, 2.45) is 0 Å². The summed E-state index contributed by atoms with van der Waals surface area (Å²) in [5.41, 5.74) is 0.614. The van der Waals surface area contributed by atoms with Gasteiger partial charge in [0.15, 0.2) is 0 Å². The summed E-state index contributed by atoms with van der Waals surface area (Å²) in [6, 6.07) is 10.4. The van der Waals surface area contributed by atoms with Crippen LogP contribution in [0, 0.1) is 11.6 Å². The van der Waals surface area contributed by atoms with Gasteiger partial charge in [-0.05, 0) is 30.7 Å². The largest absolute Gasteiger partial charge is 0.419 e. The Morgan fingerprint density at radius 3 is 2.72 bits per heavy atom. The lowest BCUT2D eigenvalue weighted by Gasteiger charge is -2.20. The SMILES string of the molecule is CCCN(Cc1nnc(-c2ccccc2Cl)o1)C(=O)CSc1ccc(F)cc1F. The van der Waals surface area contributed by atoms with Crippen LogP contribution in [0.1, 0.15) is 19.2 Å². The monoisotopic (exact) mass is 437 g/mol. The van der Waals surface area contributed by atoms with Crippen LogP contribution in [-0.2, 0) is 11.3 Å². The van der Waals surface area contributed by atoms with Crippen LogP contribution in [0.2, 0.25) is 5.02 Å². The first-order valence-corrected chi connectivity index (χ1v) is 10.3. The van der Waals surface area contributed by atoms with Crippen molar-refractivity contribution in [3.05, 3.63) is 65.0 Å². The Labute approximate surface area is 176 Å². The highest BCUT2D eigenvalue weighted by Crippen LogP contribution is 2.27. The molecule has 0 aliphatic carbocycles. The predicted octanol–water partition coefficient (Wildman–Crippen LogP) is 5.20. The van der Waals surface area contributed by atoms with Gasteiger partial charge < -0.3 is 9.32 Å². The van der Waals surface area contributed by atoms with E-state index < -0.39 is 11.6 Å². The zero-order chi connectivity index (χ0) is 20.8. The van der Waals surface area contributed by atoms with Crippen molar-refractivity contribution in [2.45, 2.75) is 24.8 Å². The average molecular weight is 438 g/mol. The van der Waals surface area contributed by atoms with Gasteiger partial charge in [-0.25, -0.2) is 8.78 Å². The number of halogens is 3. The number of hydrogen-bond donors (Lipinski definition) is 0. The number of carbonyl (C=O) groups is 1. The summed E-state index contributed by atoms with van der Waals surface area (Å²) in [6.45, 7) is 2.56. The number of amides is 1. The molecule has 9 heteroatoms. The Morgan fingerprint density at radius 2 is 2.00 bits per heavy atom. The third-order valence-corrected chi connectivity index (χ3v) is 5.35. The minimum atomic E-state index is -0.689. The van der Waals surface area contributed by atoms with Gasteiger partial charge in [-0.1, -0.05) is 30.7 Å². The van der Waals surface area contributed by atoms with Crippen LogP contribution in [0.3, 0.4) is 0 Å². The second-order valence-electron chi connectivity index (χ2n) is 6.16. The van der Waals surface area contributed by atoms with E-state index in [0.29, 0.717) is 17.1 Å². The molecule has 1 heterocycles. The van der Waals surface area contributed by atoms with Crippen molar-refractivity contribution in [3.63, 3.8) is 0 Å². The summed E-state index contributed by atoms with van der Waals surface area (Å²) >= 11 is 7.16. The molecule has 0 spiro atoms. The van der Waals surface area contributed by atoms with Gasteiger partial charge in [-0.3, -0.25) is 4.79 Å². The molecular formula is C20H18ClF2N3O2S. The number of benzene rings is 2. The highest BCUT2D eigenvalue weighted by atomic mass is 35.5. The molecule has 0 N–H and O–H groups in total. The lowest BCUT2D eigenvalue weighted by atomic mass is 10.2. The Balaban J connectivity index is 1.66. The van der Waals surface area contributed by atoms with Crippen LogP contribution >= 0.6 is 23.4 Å². The highest BCUT2D eigenvalue weighted by molar-refractivity contribution is 8.00. The summed E-state index contributed by atoms with van der Waals surface area (Å²) in [5, 5.41) is 8.49. The first-order chi connectivity index (χ1) is 14.0. The topological polar surface area (TPSA) is 59.2 Å². The van der Waals surface area contributed by atoms with E-state index in [4.69, 9.17) is 16.0 Å². The molecular weight excluding hydrogens is 420 g/mol. The molecule has 1 amide bonds. The molecule has 2 aromatic carbocycles. The maximum Gasteiger partial charge on any atom is 0.249 e. The molecule has 5 nitrogen and oxygen atoms in total. The van der Waals surface area contributed by atoms with E-state index in [-0.39, 0.29) is 34.9 Å². The summed E-state index contributed by atoms with van der Waals surface area (Å²) in [5.74, 6) is -0.994. The lowest BCUT2D eigenvalue weighted by Crippen LogP contribution is -2.32. The zero-order valence-corrected chi connectivity index (χ0v) is 17.1. The van der Waals surface area contributed by atoms with Gasteiger partial charge in [0, 0.05) is 17.5 Å². The first-order valence-electron chi connectivity index (χ1n) is 8.90. The molecule has 0 saturated carbocycles. The van der Waals surface area contributed by atoms with Crippen LogP contribution < -0.4 is 0 Å². The maximum absolute atomic E-state index is 13.8. The molecule has 0 bridgehead atoms. The third-order valence-electron chi connectivity index (χ3n) is 3.99. The van der Waals surface area contributed by atoms with E-state index in [9.17, 15) is 13.6 Å². The second kappa shape index (κ2) is 9.84. The van der Waals surface area contributed by atoms with Crippen molar-refractivity contribution >= 4 is 29.3 Å². The summed E-state index contributed by atoms with van der Waals surface area (Å²) in [6.07, 6.45) is 0.729. The molecule has 0 fully saturated rings. The van der Waals surface area contributed by atoms with Crippen LogP contribution in [0.15, 0.2) is 51.8 Å². The molecule has 1 aromatic heterocycles. The summed E-state index contributed by atoms with van der Waals surface area (Å²) < 4.78 is 32.4. The number of aromatic nitrogens is 2. The highest BCUT2D eigenvalue weighted by Gasteiger charge is 2.19. The number of rotatable bonds is 8. The van der Waals surface area contributed by atoms with Crippen molar-refractivity contribution in [1.82, 2.24) is 15.1 Å². The quantitative estimate of drug-likeness (QED) is 0.453. The molecule has 0 atom stereocenters. The zero-order valence-electron chi connectivity index (χ0n) is 15.6. The van der Waals surface area contributed by atoms with Gasteiger partial charge >= 0.3 is 0 Å². The van der Waals surface area contributed by atoms with E-state index >= 15 is 0 Å². The van der Waals surface area contributed by atoms with E-state index in [0.717, 1.165) is 30.3 Å². The van der Waals surface area contributed by atoms with Gasteiger partial charge in [0.25, 0.3) is 0 Å². The maximum atomic E-state index is 13.8. The molecule has 3 aromatic rings. The van der Waals surface area contributed by atoms with Crippen molar-refractivity contribution < 1.29 is 18.0 Å². The fourth-order valence-electron chi connectivity index (χ4n) is 2.61. The van der Waals surface area contributed by atoms with Gasteiger partial charge in [0.1, 0.15) is 11.6 Å². The Morgan fingerprint density at radius 1 is 1.21 bits per heavy atom. The molecule has 0 unspecified atom stereocenters. The summed E-state index contributed by atoms with van der Waals surface area (Å²) in [7, 11) is 0. The molecule has 0 aliphatic rings. The van der Waals surface area contributed by atoms with E-state index in [1.165, 1.54) is 6.07 Å². The van der Waals surface area contributed by atoms with Crippen molar-refractivity contribution in [2.75, 3.05) is 12.3 Å². The molecule has 152 valence electrons. The van der Waals surface area contributed by atoms with Crippen LogP contribution in [0.5, 0.6) is 0 Å². The van der Waals surface area contributed by atoms with Crippen LogP contribution in [-0.4, -0.2) is 33.3 Å². The average Bonchev–Trinajstić information content (AvgIpc) is 3.15. The van der Waals surface area contributed by atoms with Crippen LogP contribution in [0.4, 0.5) is 8.78 Å². The molecule has 0 aliphatic heterocycles. The third kappa shape index (κ3) is 5.55. The Hall–Kier alpha value is -2.45. The lowest BCUT2D eigenvalue weighted by molar-refractivity contribution is -0.129. The van der Waals surface area contributed by atoms with Gasteiger partial charge in [-0.15, -0.1) is 22.0 Å². The van der Waals surface area contributed by atoms with Gasteiger partial charge in [-0.2, -0.15) is 0 Å². The fourth-order valence-corrected chi connectivity index (χ4v) is 3.65. The second-order valence-corrected chi connectivity index (χ2v) is 7.58. The first kappa shape index (κ1) is 21.3. The van der Waals surface area contributed by atoms with E-state index in [1.54, 1.807) is 23.1 Å². The Kier molecular flexibility index (Phi) is 7.22. The molecule has 29 heavy (non-hydrogen) atoms. The molecule has 3 rings (SSSR count). The number of thioether (sulfide) groups is 1. The van der Waals surface area contributed by atoms with E-state index in [2.05, 4.69) is 10.2 Å². The standard InChI is InChI=1S/C20H18ClF2N3O2S/c1-2-9-26(19(27)12-29-17-8-7-13(22)10-16(17)23)11-18-24-25-20(28-18)14-5-3-4-6-15(14)21/h3-8,10H,2,9,11-12H2,1H3. The fraction of sp³-hybridized carbons (Fsp3) is 0.250. The normalized spacial score (nSPS) is 10.9. The smallest absolute Gasteiger partial charge is 0.249 e. The Bertz CT molecular complexity index is 999.